The molecule has 1 aliphatic rings. The molecule has 2 heterocycles. The van der Waals surface area contributed by atoms with Crippen LogP contribution in [0.1, 0.15) is 20.7 Å². The van der Waals surface area contributed by atoms with Gasteiger partial charge in [0.1, 0.15) is 11.6 Å². The summed E-state index contributed by atoms with van der Waals surface area (Å²) < 4.78 is 13.3. The molecule has 0 unspecified atom stereocenters. The van der Waals surface area contributed by atoms with Crippen LogP contribution in [0, 0.1) is 5.82 Å². The maximum atomic E-state index is 13.3. The van der Waals surface area contributed by atoms with Gasteiger partial charge < -0.3 is 15.1 Å². The zero-order chi connectivity index (χ0) is 22.7. The summed E-state index contributed by atoms with van der Waals surface area (Å²) in [6.07, 6.45) is 1.55. The summed E-state index contributed by atoms with van der Waals surface area (Å²) in [7, 11) is 0. The number of hydrogen-bond acceptors (Lipinski definition) is 4. The van der Waals surface area contributed by atoms with E-state index in [0.717, 1.165) is 5.82 Å². The zero-order valence-electron chi connectivity index (χ0n) is 16.9. The summed E-state index contributed by atoms with van der Waals surface area (Å²) in [6.45, 7) is 2.27. The lowest BCUT2D eigenvalue weighted by molar-refractivity contribution is 0.0746. The van der Waals surface area contributed by atoms with E-state index in [2.05, 4.69) is 15.2 Å². The van der Waals surface area contributed by atoms with Crippen LogP contribution in [0.25, 0.3) is 0 Å². The second-order valence-corrected chi connectivity index (χ2v) is 8.12. The molecule has 1 saturated heterocycles. The number of hydrogen-bond donors (Lipinski definition) is 1. The molecule has 0 bridgehead atoms. The van der Waals surface area contributed by atoms with Crippen LogP contribution in [0.4, 0.5) is 15.9 Å². The third kappa shape index (κ3) is 5.00. The van der Waals surface area contributed by atoms with E-state index in [1.165, 1.54) is 24.3 Å². The molecule has 1 aliphatic heterocycles. The highest BCUT2D eigenvalue weighted by Crippen LogP contribution is 2.23. The summed E-state index contributed by atoms with van der Waals surface area (Å²) in [5, 5.41) is 3.52. The Labute approximate surface area is 194 Å². The van der Waals surface area contributed by atoms with Crippen molar-refractivity contribution in [2.24, 2.45) is 0 Å². The second-order valence-electron chi connectivity index (χ2n) is 7.27. The van der Waals surface area contributed by atoms with E-state index in [1.807, 2.05) is 0 Å². The predicted octanol–water partition coefficient (Wildman–Crippen LogP) is 4.74. The largest absolute Gasteiger partial charge is 0.353 e. The van der Waals surface area contributed by atoms with Gasteiger partial charge in [0, 0.05) is 36.8 Å². The summed E-state index contributed by atoms with van der Waals surface area (Å²) >= 11 is 12.1. The van der Waals surface area contributed by atoms with E-state index in [-0.39, 0.29) is 11.5 Å². The number of carbonyl (C=O) groups excluding carboxylic acids is 2. The minimum atomic E-state index is -0.470. The minimum Gasteiger partial charge on any atom is -0.353 e. The average molecular weight is 473 g/mol. The molecule has 4 rings (SSSR count). The lowest BCUT2D eigenvalue weighted by atomic mass is 10.1. The first kappa shape index (κ1) is 22.0. The van der Waals surface area contributed by atoms with Crippen LogP contribution in [0.2, 0.25) is 10.0 Å². The zero-order valence-corrected chi connectivity index (χ0v) is 18.4. The van der Waals surface area contributed by atoms with Gasteiger partial charge in [0.25, 0.3) is 11.8 Å². The first-order chi connectivity index (χ1) is 15.4. The van der Waals surface area contributed by atoms with Gasteiger partial charge in [-0.1, -0.05) is 29.3 Å². The number of anilines is 2. The van der Waals surface area contributed by atoms with Crippen molar-refractivity contribution in [3.05, 3.63) is 87.8 Å². The number of nitrogens with one attached hydrogen (secondary N) is 1. The summed E-state index contributed by atoms with van der Waals surface area (Å²) in [6, 6.07) is 13.9. The molecule has 1 fully saturated rings. The van der Waals surface area contributed by atoms with Gasteiger partial charge in [0.15, 0.2) is 0 Å². The molecule has 2 aromatic carbocycles. The first-order valence-corrected chi connectivity index (χ1v) is 10.7. The molecular formula is C23H19Cl2FN4O2. The van der Waals surface area contributed by atoms with Crippen molar-refractivity contribution in [3.8, 4) is 0 Å². The maximum Gasteiger partial charge on any atom is 0.255 e. The van der Waals surface area contributed by atoms with E-state index in [1.54, 1.807) is 41.4 Å². The molecule has 9 heteroatoms. The lowest BCUT2D eigenvalue weighted by Crippen LogP contribution is -2.49. The van der Waals surface area contributed by atoms with Crippen LogP contribution in [0.5, 0.6) is 0 Å². The van der Waals surface area contributed by atoms with Crippen LogP contribution in [-0.4, -0.2) is 47.9 Å². The molecule has 0 aliphatic carbocycles. The first-order valence-electron chi connectivity index (χ1n) is 9.93. The van der Waals surface area contributed by atoms with Crippen LogP contribution >= 0.6 is 23.2 Å². The van der Waals surface area contributed by atoms with Gasteiger partial charge in [0.2, 0.25) is 0 Å². The molecule has 6 nitrogen and oxygen atoms in total. The van der Waals surface area contributed by atoms with Crippen molar-refractivity contribution in [1.82, 2.24) is 9.88 Å². The highest BCUT2D eigenvalue weighted by atomic mass is 35.5. The van der Waals surface area contributed by atoms with E-state index in [0.29, 0.717) is 47.5 Å². The van der Waals surface area contributed by atoms with Crippen LogP contribution in [-0.2, 0) is 0 Å². The van der Waals surface area contributed by atoms with Gasteiger partial charge >= 0.3 is 0 Å². The molecule has 0 atom stereocenters. The molecular weight excluding hydrogens is 454 g/mol. The number of piperazine rings is 1. The second kappa shape index (κ2) is 9.54. The highest BCUT2D eigenvalue weighted by Gasteiger charge is 2.24. The molecule has 2 amide bonds. The molecule has 1 N–H and O–H groups in total. The average Bonchev–Trinajstić information content (AvgIpc) is 2.79. The fourth-order valence-electron chi connectivity index (χ4n) is 3.45. The monoisotopic (exact) mass is 472 g/mol. The number of rotatable bonds is 4. The van der Waals surface area contributed by atoms with Crippen LogP contribution in [0.15, 0.2) is 60.8 Å². The number of aromatic nitrogens is 1. The van der Waals surface area contributed by atoms with Crippen molar-refractivity contribution in [2.45, 2.75) is 0 Å². The molecule has 0 saturated carbocycles. The fourth-order valence-corrected chi connectivity index (χ4v) is 3.94. The number of benzene rings is 2. The van der Waals surface area contributed by atoms with Gasteiger partial charge in [-0.3, -0.25) is 9.59 Å². The number of pyridine rings is 1. The predicted molar refractivity (Wildman–Crippen MR) is 123 cm³/mol. The van der Waals surface area contributed by atoms with Crippen LogP contribution in [0.3, 0.4) is 0 Å². The molecule has 1 aromatic heterocycles. The Hall–Kier alpha value is -3.16. The quantitative estimate of drug-likeness (QED) is 0.595. The Bertz CT molecular complexity index is 1150. The Morgan fingerprint density at radius 2 is 1.75 bits per heavy atom. The van der Waals surface area contributed by atoms with Gasteiger partial charge in [-0.05, 0) is 48.5 Å². The standard InChI is InChI=1S/C23H19Cl2FN4O2/c24-16-4-6-19(20(25)13-16)23(32)30-10-8-29(9-11-30)21-7-5-18(14-27-21)28-22(31)15-2-1-3-17(26)12-15/h1-7,12-14H,8-11H2,(H,28,31). The normalized spacial score (nSPS) is 13.7. The van der Waals surface area contributed by atoms with Crippen LogP contribution < -0.4 is 10.2 Å². The molecule has 0 spiro atoms. The third-order valence-electron chi connectivity index (χ3n) is 5.14. The van der Waals surface area contributed by atoms with Gasteiger partial charge in [-0.15, -0.1) is 0 Å². The molecule has 164 valence electrons. The molecule has 0 radical (unpaired) electrons. The number of amides is 2. The SMILES string of the molecule is O=C(Nc1ccc(N2CCN(C(=O)c3ccc(Cl)cc3Cl)CC2)nc1)c1cccc(F)c1. The van der Waals surface area contributed by atoms with E-state index >= 15 is 0 Å². The van der Waals surface area contributed by atoms with Gasteiger partial charge in [0.05, 0.1) is 22.5 Å². The van der Waals surface area contributed by atoms with E-state index in [9.17, 15) is 14.0 Å². The van der Waals surface area contributed by atoms with E-state index in [4.69, 9.17) is 23.2 Å². The van der Waals surface area contributed by atoms with Crippen molar-refractivity contribution in [1.29, 1.82) is 0 Å². The Morgan fingerprint density at radius 3 is 2.41 bits per heavy atom. The lowest BCUT2D eigenvalue weighted by Gasteiger charge is -2.35. The Morgan fingerprint density at radius 1 is 0.969 bits per heavy atom. The van der Waals surface area contributed by atoms with Crippen molar-refractivity contribution < 1.29 is 14.0 Å². The molecule has 3 aromatic rings. The topological polar surface area (TPSA) is 65.5 Å². The molecule has 32 heavy (non-hydrogen) atoms. The minimum absolute atomic E-state index is 0.130. The number of nitrogens with zero attached hydrogens (tertiary/aromatic N) is 3. The van der Waals surface area contributed by atoms with Crippen molar-refractivity contribution in [2.75, 3.05) is 36.4 Å². The summed E-state index contributed by atoms with van der Waals surface area (Å²) in [4.78, 5) is 33.2. The smallest absolute Gasteiger partial charge is 0.255 e. The Balaban J connectivity index is 1.35. The summed E-state index contributed by atoms with van der Waals surface area (Å²) in [5.74, 6) is -0.269. The maximum absolute atomic E-state index is 13.3. The van der Waals surface area contributed by atoms with Crippen molar-refractivity contribution >= 4 is 46.5 Å². The summed E-state index contributed by atoms with van der Waals surface area (Å²) in [5.41, 5.74) is 1.17. The Kier molecular flexibility index (Phi) is 6.58. The van der Waals surface area contributed by atoms with Crippen molar-refractivity contribution in [3.63, 3.8) is 0 Å². The third-order valence-corrected chi connectivity index (χ3v) is 5.69. The highest BCUT2D eigenvalue weighted by molar-refractivity contribution is 6.36. The van der Waals surface area contributed by atoms with E-state index < -0.39 is 11.7 Å². The van der Waals surface area contributed by atoms with Gasteiger partial charge in [-0.2, -0.15) is 0 Å². The van der Waals surface area contributed by atoms with Gasteiger partial charge in [-0.25, -0.2) is 9.37 Å². The fraction of sp³-hybridized carbons (Fsp3) is 0.174. The number of halogens is 3. The number of carbonyl (C=O) groups is 2.